The number of ether oxygens (including phenoxy) is 2. The molecular formula is C28H41N5O4. The molecule has 1 aromatic heterocycles. The van der Waals surface area contributed by atoms with Crippen LogP contribution < -0.4 is 20.1 Å². The lowest BCUT2D eigenvalue weighted by molar-refractivity contribution is -0.121. The molecule has 2 bridgehead atoms. The first-order valence-electron chi connectivity index (χ1n) is 12.5. The summed E-state index contributed by atoms with van der Waals surface area (Å²) in [6, 6.07) is 3.63. The Kier molecular flexibility index (Phi) is 14.0. The van der Waals surface area contributed by atoms with E-state index in [0.29, 0.717) is 61.1 Å². The van der Waals surface area contributed by atoms with Crippen LogP contribution in [0, 0.1) is 19.3 Å². The number of amides is 1. The van der Waals surface area contributed by atoms with Gasteiger partial charge >= 0.3 is 0 Å². The Hall–Kier alpha value is -3.93. The van der Waals surface area contributed by atoms with Gasteiger partial charge in [-0.25, -0.2) is 0 Å². The number of hydrogen-bond donors (Lipinski definition) is 4. The van der Waals surface area contributed by atoms with E-state index in [9.17, 15) is 9.90 Å². The van der Waals surface area contributed by atoms with Crippen molar-refractivity contribution in [2.45, 2.75) is 53.9 Å². The number of methoxy groups -OCH3 is 1. The van der Waals surface area contributed by atoms with E-state index in [2.05, 4.69) is 37.9 Å². The zero-order valence-electron chi connectivity index (χ0n) is 23.1. The van der Waals surface area contributed by atoms with Crippen molar-refractivity contribution in [2.24, 2.45) is 9.98 Å². The van der Waals surface area contributed by atoms with Crippen molar-refractivity contribution in [1.29, 1.82) is 0 Å². The third-order valence-electron chi connectivity index (χ3n) is 5.30. The Morgan fingerprint density at radius 3 is 2.59 bits per heavy atom. The third-order valence-corrected chi connectivity index (χ3v) is 5.30. The maximum Gasteiger partial charge on any atom is 0.220 e. The zero-order chi connectivity index (χ0) is 27.8. The highest BCUT2D eigenvalue weighted by atomic mass is 16.5. The predicted molar refractivity (Wildman–Crippen MR) is 152 cm³/mol. The Morgan fingerprint density at radius 1 is 1.24 bits per heavy atom. The van der Waals surface area contributed by atoms with Crippen LogP contribution in [0.3, 0.4) is 0 Å². The van der Waals surface area contributed by atoms with Crippen LogP contribution >= 0.6 is 0 Å². The van der Waals surface area contributed by atoms with Gasteiger partial charge in [-0.05, 0) is 33.6 Å². The average Bonchev–Trinajstić information content (AvgIpc) is 3.22. The van der Waals surface area contributed by atoms with Gasteiger partial charge in [0, 0.05) is 61.7 Å². The van der Waals surface area contributed by atoms with E-state index in [1.54, 1.807) is 27.3 Å². The first kappa shape index (κ1) is 31.1. The maximum atomic E-state index is 12.1. The number of fused-ring (bicyclic) bond motifs is 3. The first-order chi connectivity index (χ1) is 17.9. The normalized spacial score (nSPS) is 13.8. The number of hydrogen-bond acceptors (Lipinski definition) is 7. The van der Waals surface area contributed by atoms with Crippen LogP contribution in [0.25, 0.3) is 0 Å². The van der Waals surface area contributed by atoms with E-state index in [4.69, 9.17) is 9.47 Å². The van der Waals surface area contributed by atoms with Crippen LogP contribution in [0.4, 0.5) is 11.5 Å². The summed E-state index contributed by atoms with van der Waals surface area (Å²) in [5.74, 6) is 4.19. The average molecular weight is 512 g/mol. The molecular weight excluding hydrogens is 470 g/mol. The molecule has 2 heterocycles. The maximum absolute atomic E-state index is 12.1. The van der Waals surface area contributed by atoms with Gasteiger partial charge in [0.2, 0.25) is 5.91 Å². The highest BCUT2D eigenvalue weighted by molar-refractivity contribution is 6.11. The fourth-order valence-corrected chi connectivity index (χ4v) is 3.55. The van der Waals surface area contributed by atoms with Crippen molar-refractivity contribution in [1.82, 2.24) is 10.3 Å². The van der Waals surface area contributed by atoms with Crippen LogP contribution in [-0.2, 0) is 4.79 Å². The molecule has 0 atom stereocenters. The summed E-state index contributed by atoms with van der Waals surface area (Å²) in [5.41, 5.74) is 3.51. The highest BCUT2D eigenvalue weighted by Crippen LogP contribution is 2.34. The van der Waals surface area contributed by atoms with Gasteiger partial charge in [0.05, 0.1) is 25.0 Å². The molecule has 0 unspecified atom stereocenters. The molecule has 1 aromatic carbocycles. The second-order valence-electron chi connectivity index (χ2n) is 7.83. The highest BCUT2D eigenvalue weighted by Gasteiger charge is 2.18. The molecule has 37 heavy (non-hydrogen) atoms. The van der Waals surface area contributed by atoms with Crippen LogP contribution in [0.2, 0.25) is 0 Å². The van der Waals surface area contributed by atoms with Gasteiger partial charge in [-0.3, -0.25) is 14.8 Å². The monoisotopic (exact) mass is 511 g/mol. The summed E-state index contributed by atoms with van der Waals surface area (Å²) >= 11 is 0. The van der Waals surface area contributed by atoms with Crippen LogP contribution in [-0.4, -0.2) is 61.8 Å². The second-order valence-corrected chi connectivity index (χ2v) is 7.83. The summed E-state index contributed by atoms with van der Waals surface area (Å²) in [6.45, 7) is 11.0. The number of aromatic amines is 1. The SMILES string of the molecule is C#CC.CC.CNc1[nH]c(O)c2c1C(C)=NCCCNC(=O)CCCOc1cc(cc(OC)c1C)N=C2. The van der Waals surface area contributed by atoms with Crippen molar-refractivity contribution in [3.05, 3.63) is 28.8 Å². The lowest BCUT2D eigenvalue weighted by Gasteiger charge is -2.13. The van der Waals surface area contributed by atoms with Crippen molar-refractivity contribution < 1.29 is 19.4 Å². The summed E-state index contributed by atoms with van der Waals surface area (Å²) in [6.07, 6.45) is 7.93. The molecule has 0 saturated carbocycles. The number of rotatable bonds is 2. The lowest BCUT2D eigenvalue weighted by atomic mass is 10.1. The number of benzene rings is 1. The molecule has 0 saturated heterocycles. The number of nitrogens with zero attached hydrogens (tertiary/aromatic N) is 2. The minimum absolute atomic E-state index is 0.000123. The van der Waals surface area contributed by atoms with Crippen molar-refractivity contribution in [3.63, 3.8) is 0 Å². The number of aromatic hydroxyl groups is 1. The van der Waals surface area contributed by atoms with Gasteiger partial charge in [0.15, 0.2) is 5.88 Å². The minimum atomic E-state index is -0.00150. The fourth-order valence-electron chi connectivity index (χ4n) is 3.55. The summed E-state index contributed by atoms with van der Waals surface area (Å²) < 4.78 is 11.4. The lowest BCUT2D eigenvalue weighted by Crippen LogP contribution is -2.25. The number of anilines is 1. The zero-order valence-corrected chi connectivity index (χ0v) is 23.1. The number of aromatic nitrogens is 1. The van der Waals surface area contributed by atoms with E-state index in [-0.39, 0.29) is 11.8 Å². The summed E-state index contributed by atoms with van der Waals surface area (Å²) in [5, 5.41) is 16.5. The first-order valence-corrected chi connectivity index (χ1v) is 12.5. The Labute approximate surface area is 220 Å². The smallest absolute Gasteiger partial charge is 0.220 e. The van der Waals surface area contributed by atoms with E-state index >= 15 is 0 Å². The molecule has 2 aromatic rings. The largest absolute Gasteiger partial charge is 0.496 e. The second kappa shape index (κ2) is 16.7. The number of nitrogens with one attached hydrogen (secondary N) is 3. The summed E-state index contributed by atoms with van der Waals surface area (Å²) in [4.78, 5) is 24.2. The molecule has 3 rings (SSSR count). The quantitative estimate of drug-likeness (QED) is 0.424. The van der Waals surface area contributed by atoms with E-state index < -0.39 is 0 Å². The minimum Gasteiger partial charge on any atom is -0.496 e. The molecule has 0 spiro atoms. The molecule has 0 aliphatic carbocycles. The van der Waals surface area contributed by atoms with Crippen LogP contribution in [0.1, 0.15) is 63.6 Å². The number of carbonyl (C=O) groups is 1. The van der Waals surface area contributed by atoms with Crippen molar-refractivity contribution in [3.8, 4) is 29.7 Å². The van der Waals surface area contributed by atoms with E-state index in [1.165, 1.54) is 0 Å². The number of terminal acetylenes is 1. The van der Waals surface area contributed by atoms with Gasteiger partial charge in [-0.2, -0.15) is 0 Å². The van der Waals surface area contributed by atoms with Crippen LogP contribution in [0.5, 0.6) is 17.4 Å². The van der Waals surface area contributed by atoms with Crippen molar-refractivity contribution in [2.75, 3.05) is 39.2 Å². The van der Waals surface area contributed by atoms with Gasteiger partial charge in [-0.15, -0.1) is 12.3 Å². The number of H-pyrrole nitrogens is 1. The summed E-state index contributed by atoms with van der Waals surface area (Å²) in [7, 11) is 3.36. The molecule has 0 fully saturated rings. The van der Waals surface area contributed by atoms with Gasteiger partial charge in [0.1, 0.15) is 17.3 Å². The van der Waals surface area contributed by atoms with Gasteiger partial charge in [0.25, 0.3) is 0 Å². The molecule has 1 amide bonds. The van der Waals surface area contributed by atoms with E-state index in [0.717, 1.165) is 23.3 Å². The molecule has 9 heteroatoms. The third kappa shape index (κ3) is 9.22. The fraction of sp³-hybridized carbons (Fsp3) is 0.464. The molecule has 1 aliphatic rings. The van der Waals surface area contributed by atoms with Gasteiger partial charge < -0.3 is 30.2 Å². The van der Waals surface area contributed by atoms with Crippen molar-refractivity contribution >= 4 is 29.3 Å². The van der Waals surface area contributed by atoms with Crippen LogP contribution in [0.15, 0.2) is 22.1 Å². The van der Waals surface area contributed by atoms with Gasteiger partial charge in [-0.1, -0.05) is 13.8 Å². The molecule has 9 nitrogen and oxygen atoms in total. The van der Waals surface area contributed by atoms with E-state index in [1.807, 2.05) is 39.8 Å². The standard InChI is InChI=1S/C23H31N5O4.C3H4.C2H6/c1-14-18(31-4)11-16-12-19(14)32-10-5-7-20(29)26-9-6-8-25-15(2)21-17(13-27-16)23(30)28-22(21)24-3;1-3-2;1-2/h11-13,24,28,30H,5-10H2,1-4H3,(H,26,29);1H,2H3;1-2H3. The Balaban J connectivity index is 0.00000127. The molecule has 4 N–H and O–H groups in total. The topological polar surface area (TPSA) is 120 Å². The molecule has 202 valence electrons. The Bertz CT molecular complexity index is 1110. The Morgan fingerprint density at radius 2 is 1.95 bits per heavy atom. The molecule has 0 radical (unpaired) electrons. The number of aliphatic imine (C=N–C) groups is 2. The molecule has 1 aliphatic heterocycles. The predicted octanol–water partition coefficient (Wildman–Crippen LogP) is 4.98. The number of carbonyl (C=O) groups excluding carboxylic acids is 1.